The molecule has 3 aromatic rings. The van der Waals surface area contributed by atoms with Crippen molar-refractivity contribution in [2.24, 2.45) is 5.10 Å². The summed E-state index contributed by atoms with van der Waals surface area (Å²) in [6.07, 6.45) is 1.71. The first-order chi connectivity index (χ1) is 13.2. The largest absolute Gasteiger partial charge is 1.00 e. The molecule has 2 aromatic carbocycles. The molecule has 148 valence electrons. The summed E-state index contributed by atoms with van der Waals surface area (Å²) in [5.74, 6) is 2.20. The van der Waals surface area contributed by atoms with Crippen LogP contribution in [0.3, 0.4) is 0 Å². The van der Waals surface area contributed by atoms with Crippen LogP contribution < -0.4 is 36.6 Å². The lowest BCUT2D eigenvalue weighted by atomic mass is 10.2. The number of halogens is 1. The van der Waals surface area contributed by atoms with E-state index in [0.717, 1.165) is 27.7 Å². The second kappa shape index (κ2) is 10.7. The predicted octanol–water partition coefficient (Wildman–Crippen LogP) is 1.68. The maximum absolute atomic E-state index is 5.46. The average molecular weight is 463 g/mol. The summed E-state index contributed by atoms with van der Waals surface area (Å²) >= 11 is 1.50. The third-order valence-corrected chi connectivity index (χ3v) is 4.49. The minimum Gasteiger partial charge on any atom is -1.00 e. The van der Waals surface area contributed by atoms with Gasteiger partial charge in [0, 0.05) is 10.9 Å². The Labute approximate surface area is 178 Å². The highest BCUT2D eigenvalue weighted by Crippen LogP contribution is 2.28. The zero-order valence-corrected chi connectivity index (χ0v) is 18.2. The van der Waals surface area contributed by atoms with Crippen molar-refractivity contribution in [3.63, 3.8) is 0 Å². The molecule has 0 spiro atoms. The Bertz CT molecular complexity index is 913. The number of thiazole rings is 1. The number of methoxy groups -OCH3 is 2. The van der Waals surface area contributed by atoms with Gasteiger partial charge in [0.15, 0.2) is 11.5 Å². The van der Waals surface area contributed by atoms with Crippen molar-refractivity contribution in [2.45, 2.75) is 6.92 Å². The Morgan fingerprint density at radius 2 is 1.82 bits per heavy atom. The summed E-state index contributed by atoms with van der Waals surface area (Å²) in [5.41, 5.74) is 5.78. The molecule has 1 heterocycles. The number of ether oxygens (including phenoxy) is 3. The van der Waals surface area contributed by atoms with Crippen molar-refractivity contribution in [3.8, 4) is 28.5 Å². The van der Waals surface area contributed by atoms with Crippen molar-refractivity contribution < 1.29 is 31.2 Å². The van der Waals surface area contributed by atoms with Gasteiger partial charge in [-0.25, -0.2) is 4.98 Å². The maximum atomic E-state index is 5.46. The second-order valence-electron chi connectivity index (χ2n) is 5.48. The molecule has 0 saturated heterocycles. The molecular weight excluding hydrogens is 442 g/mol. The van der Waals surface area contributed by atoms with Crippen LogP contribution in [0.5, 0.6) is 17.2 Å². The molecule has 1 N–H and O–H groups in total. The van der Waals surface area contributed by atoms with E-state index in [4.69, 9.17) is 14.2 Å². The van der Waals surface area contributed by atoms with E-state index in [1.54, 1.807) is 20.4 Å². The van der Waals surface area contributed by atoms with Crippen LogP contribution >= 0.6 is 11.3 Å². The average Bonchev–Trinajstić information content (AvgIpc) is 3.17. The number of benzene rings is 2. The van der Waals surface area contributed by atoms with Gasteiger partial charge in [0.25, 0.3) is 0 Å². The van der Waals surface area contributed by atoms with Gasteiger partial charge in [-0.2, -0.15) is 5.10 Å². The van der Waals surface area contributed by atoms with E-state index in [9.17, 15) is 0 Å². The smallest absolute Gasteiger partial charge is 0.203 e. The molecule has 28 heavy (non-hydrogen) atoms. The first-order valence-corrected chi connectivity index (χ1v) is 9.31. The number of nitrogens with zero attached hydrogens (tertiary/aromatic N) is 2. The maximum Gasteiger partial charge on any atom is 0.203 e. The van der Waals surface area contributed by atoms with Gasteiger partial charge in [0.05, 0.1) is 32.7 Å². The summed E-state index contributed by atoms with van der Waals surface area (Å²) in [7, 11) is 3.21. The van der Waals surface area contributed by atoms with Crippen LogP contribution in [0.25, 0.3) is 11.3 Å². The van der Waals surface area contributed by atoms with E-state index in [-0.39, 0.29) is 17.0 Å². The number of hydrogen-bond acceptors (Lipinski definition) is 7. The Kier molecular flexibility index (Phi) is 8.28. The van der Waals surface area contributed by atoms with Crippen LogP contribution in [0.1, 0.15) is 12.5 Å². The van der Waals surface area contributed by atoms with E-state index in [2.05, 4.69) is 15.5 Å². The van der Waals surface area contributed by atoms with Gasteiger partial charge in [-0.3, -0.25) is 5.43 Å². The molecule has 0 unspecified atom stereocenters. The number of hydrogen-bond donors (Lipinski definition) is 1. The molecule has 0 amide bonds. The van der Waals surface area contributed by atoms with Crippen LogP contribution in [0, 0.1) is 0 Å². The summed E-state index contributed by atoms with van der Waals surface area (Å²) in [5, 5.41) is 6.95. The molecule has 6 nitrogen and oxygen atoms in total. The van der Waals surface area contributed by atoms with Crippen LogP contribution in [0.2, 0.25) is 0 Å². The Balaban J connectivity index is 0.00000280. The van der Waals surface area contributed by atoms with Crippen molar-refractivity contribution in [1.29, 1.82) is 0 Å². The Morgan fingerprint density at radius 3 is 2.50 bits per heavy atom. The minimum absolute atomic E-state index is 0. The zero-order chi connectivity index (χ0) is 19.1. The van der Waals surface area contributed by atoms with Crippen molar-refractivity contribution in [3.05, 3.63) is 53.4 Å². The van der Waals surface area contributed by atoms with E-state index >= 15 is 0 Å². The fourth-order valence-electron chi connectivity index (χ4n) is 2.44. The quantitative estimate of drug-likeness (QED) is 0.407. The molecule has 0 aliphatic rings. The fourth-order valence-corrected chi connectivity index (χ4v) is 3.11. The molecule has 0 aliphatic carbocycles. The van der Waals surface area contributed by atoms with Crippen LogP contribution in [0.15, 0.2) is 52.9 Å². The molecule has 0 fully saturated rings. The molecule has 3 rings (SSSR count). The van der Waals surface area contributed by atoms with Gasteiger partial charge in [0.1, 0.15) is 5.75 Å². The van der Waals surface area contributed by atoms with Gasteiger partial charge >= 0.3 is 0 Å². The highest BCUT2D eigenvalue weighted by Gasteiger charge is 2.05. The summed E-state index contributed by atoms with van der Waals surface area (Å²) in [6, 6.07) is 13.5. The molecule has 0 bridgehead atoms. The molecular formula is C20H21BrN3O3S-. The number of nitrogens with one attached hydrogen (secondary N) is 1. The molecule has 0 atom stereocenters. The molecule has 1 aromatic heterocycles. The van der Waals surface area contributed by atoms with E-state index < -0.39 is 0 Å². The lowest BCUT2D eigenvalue weighted by Crippen LogP contribution is -3.00. The van der Waals surface area contributed by atoms with Crippen molar-refractivity contribution in [1.82, 2.24) is 4.98 Å². The number of anilines is 1. The van der Waals surface area contributed by atoms with Gasteiger partial charge in [0.2, 0.25) is 5.13 Å². The highest BCUT2D eigenvalue weighted by atomic mass is 79.9. The molecule has 8 heteroatoms. The lowest BCUT2D eigenvalue weighted by molar-refractivity contribution is -0.00000650. The number of aromatic nitrogens is 1. The van der Waals surface area contributed by atoms with Gasteiger partial charge in [-0.1, -0.05) is 0 Å². The SMILES string of the molecule is CCOc1ccc(-c2csc(N/N=C/c3ccc(OC)c(OC)c3)n2)cc1.[Br-]. The van der Waals surface area contributed by atoms with E-state index in [1.165, 1.54) is 11.3 Å². The van der Waals surface area contributed by atoms with E-state index in [0.29, 0.717) is 18.1 Å². The standard InChI is InChI=1S/C20H21N3O3S.BrH/c1-4-26-16-8-6-15(7-9-16)17-13-27-20(22-17)23-21-12-14-5-10-18(24-2)19(11-14)25-3;/h5-13H,4H2,1-3H3,(H,22,23);1H/p-1/b21-12+;. The van der Waals surface area contributed by atoms with Crippen molar-refractivity contribution >= 4 is 22.7 Å². The highest BCUT2D eigenvalue weighted by molar-refractivity contribution is 7.14. The summed E-state index contributed by atoms with van der Waals surface area (Å²) < 4.78 is 16.0. The fraction of sp³-hybridized carbons (Fsp3) is 0.200. The third-order valence-electron chi connectivity index (χ3n) is 3.75. The van der Waals surface area contributed by atoms with Crippen LogP contribution in [-0.2, 0) is 0 Å². The molecule has 0 saturated carbocycles. The van der Waals surface area contributed by atoms with Crippen LogP contribution in [-0.4, -0.2) is 32.0 Å². The Morgan fingerprint density at radius 1 is 1.07 bits per heavy atom. The Hall–Kier alpha value is -2.58. The number of hydrazone groups is 1. The summed E-state index contributed by atoms with van der Waals surface area (Å²) in [4.78, 5) is 4.56. The minimum atomic E-state index is 0. The first kappa shape index (κ1) is 21.7. The predicted molar refractivity (Wildman–Crippen MR) is 109 cm³/mol. The summed E-state index contributed by atoms with van der Waals surface area (Å²) in [6.45, 7) is 2.62. The lowest BCUT2D eigenvalue weighted by Gasteiger charge is -2.07. The van der Waals surface area contributed by atoms with Gasteiger partial charge in [-0.15, -0.1) is 11.3 Å². The zero-order valence-electron chi connectivity index (χ0n) is 15.8. The molecule has 0 aliphatic heterocycles. The second-order valence-corrected chi connectivity index (χ2v) is 6.34. The van der Waals surface area contributed by atoms with Crippen LogP contribution in [0.4, 0.5) is 5.13 Å². The van der Waals surface area contributed by atoms with E-state index in [1.807, 2.05) is 54.8 Å². The normalized spacial score (nSPS) is 10.4. The third kappa shape index (κ3) is 5.46. The monoisotopic (exact) mass is 462 g/mol. The topological polar surface area (TPSA) is 65.0 Å². The molecule has 0 radical (unpaired) electrons. The van der Waals surface area contributed by atoms with Gasteiger partial charge in [-0.05, 0) is 55.0 Å². The number of rotatable bonds is 8. The van der Waals surface area contributed by atoms with Gasteiger partial charge < -0.3 is 31.2 Å². The first-order valence-electron chi connectivity index (χ1n) is 8.43. The van der Waals surface area contributed by atoms with Crippen molar-refractivity contribution in [2.75, 3.05) is 26.3 Å².